The van der Waals surface area contributed by atoms with Crippen molar-refractivity contribution in [2.45, 2.75) is 25.2 Å². The Labute approximate surface area is 123 Å². The van der Waals surface area contributed by atoms with Crippen LogP contribution in [0.4, 0.5) is 0 Å². The highest BCUT2D eigenvalue weighted by molar-refractivity contribution is 8.13. The first-order valence-corrected chi connectivity index (χ1v) is 8.41. The van der Waals surface area contributed by atoms with E-state index in [-0.39, 0.29) is 16.4 Å². The van der Waals surface area contributed by atoms with Gasteiger partial charge in [0.15, 0.2) is 0 Å². The van der Waals surface area contributed by atoms with Crippen LogP contribution in [-0.2, 0) is 13.8 Å². The molecule has 0 radical (unpaired) electrons. The topological polar surface area (TPSA) is 72.5 Å². The first-order valence-electron chi connectivity index (χ1n) is 6.10. The van der Waals surface area contributed by atoms with Crippen LogP contribution in [0.3, 0.4) is 0 Å². The fraction of sp³-hybridized carbons (Fsp3) is 0.462. The van der Waals surface area contributed by atoms with E-state index in [2.05, 4.69) is 5.32 Å². The molecule has 0 spiro atoms. The average molecular weight is 320 g/mol. The normalized spacial score (nSPS) is 11.4. The molecule has 0 bridgehead atoms. The lowest BCUT2D eigenvalue weighted by Crippen LogP contribution is -2.25. The van der Waals surface area contributed by atoms with Gasteiger partial charge in [-0.05, 0) is 43.5 Å². The third-order valence-electron chi connectivity index (χ3n) is 2.96. The molecule has 1 N–H and O–H groups in total. The second-order valence-electron chi connectivity index (χ2n) is 4.46. The van der Waals surface area contributed by atoms with E-state index in [1.807, 2.05) is 0 Å². The maximum Gasteiger partial charge on any atom is 0.261 e. The number of carbonyl (C=O) groups excluding carboxylic acids is 1. The van der Waals surface area contributed by atoms with Gasteiger partial charge >= 0.3 is 0 Å². The summed E-state index contributed by atoms with van der Waals surface area (Å²) < 4.78 is 27.9. The predicted molar refractivity (Wildman–Crippen MR) is 77.8 cm³/mol. The fourth-order valence-corrected chi connectivity index (χ4v) is 3.01. The molecule has 1 amide bonds. The molecular weight excluding hydrogens is 302 g/mol. The van der Waals surface area contributed by atoms with Gasteiger partial charge in [0.25, 0.3) is 15.0 Å². The Morgan fingerprint density at radius 1 is 1.35 bits per heavy atom. The van der Waals surface area contributed by atoms with E-state index in [4.69, 9.17) is 15.4 Å². The zero-order valence-electron chi connectivity index (χ0n) is 11.7. The minimum absolute atomic E-state index is 0.0267. The molecular formula is C13H18ClNO4S. The molecule has 0 atom stereocenters. The van der Waals surface area contributed by atoms with Gasteiger partial charge in [-0.1, -0.05) is 0 Å². The molecule has 0 saturated carbocycles. The highest BCUT2D eigenvalue weighted by Gasteiger charge is 2.18. The van der Waals surface area contributed by atoms with Gasteiger partial charge in [0.2, 0.25) is 0 Å². The minimum Gasteiger partial charge on any atom is -0.385 e. The van der Waals surface area contributed by atoms with Crippen LogP contribution in [-0.4, -0.2) is 34.6 Å². The lowest BCUT2D eigenvalue weighted by molar-refractivity contribution is 0.0948. The van der Waals surface area contributed by atoms with Crippen molar-refractivity contribution in [3.05, 3.63) is 28.8 Å². The second-order valence-corrected chi connectivity index (χ2v) is 6.99. The van der Waals surface area contributed by atoms with Crippen molar-refractivity contribution in [3.8, 4) is 0 Å². The molecule has 112 valence electrons. The first kappa shape index (κ1) is 16.9. The van der Waals surface area contributed by atoms with E-state index in [1.165, 1.54) is 6.07 Å². The molecule has 0 unspecified atom stereocenters. The number of carbonyl (C=O) groups is 1. The Balaban J connectivity index is 2.97. The maximum absolute atomic E-state index is 12.0. The molecule has 0 aliphatic heterocycles. The molecule has 5 nitrogen and oxygen atoms in total. The van der Waals surface area contributed by atoms with Crippen molar-refractivity contribution in [3.63, 3.8) is 0 Å². The van der Waals surface area contributed by atoms with Crippen LogP contribution in [0.2, 0.25) is 0 Å². The van der Waals surface area contributed by atoms with Gasteiger partial charge in [0.1, 0.15) is 0 Å². The number of benzene rings is 1. The molecule has 1 aromatic carbocycles. The van der Waals surface area contributed by atoms with E-state index in [1.54, 1.807) is 27.0 Å². The van der Waals surface area contributed by atoms with Crippen molar-refractivity contribution >= 4 is 25.6 Å². The van der Waals surface area contributed by atoms with Gasteiger partial charge < -0.3 is 10.1 Å². The maximum atomic E-state index is 12.0. The molecule has 0 saturated heterocycles. The van der Waals surface area contributed by atoms with Gasteiger partial charge in [-0.2, -0.15) is 0 Å². The van der Waals surface area contributed by atoms with E-state index < -0.39 is 9.05 Å². The van der Waals surface area contributed by atoms with Crippen LogP contribution < -0.4 is 5.32 Å². The summed E-state index contributed by atoms with van der Waals surface area (Å²) in [5, 5.41) is 2.70. The van der Waals surface area contributed by atoms with Gasteiger partial charge in [0.05, 0.1) is 4.90 Å². The number of amides is 1. The van der Waals surface area contributed by atoms with Crippen LogP contribution in [0.15, 0.2) is 17.0 Å². The fourth-order valence-electron chi connectivity index (χ4n) is 1.73. The van der Waals surface area contributed by atoms with Crippen LogP contribution in [0.25, 0.3) is 0 Å². The molecule has 0 aliphatic rings. The number of aryl methyl sites for hydroxylation is 1. The Morgan fingerprint density at radius 2 is 2.00 bits per heavy atom. The summed E-state index contributed by atoms with van der Waals surface area (Å²) in [6.45, 7) is 4.41. The Morgan fingerprint density at radius 3 is 2.55 bits per heavy atom. The van der Waals surface area contributed by atoms with Crippen LogP contribution >= 0.6 is 10.7 Å². The largest absolute Gasteiger partial charge is 0.385 e. The zero-order valence-corrected chi connectivity index (χ0v) is 13.3. The number of methoxy groups -OCH3 is 1. The highest BCUT2D eigenvalue weighted by Crippen LogP contribution is 2.24. The molecule has 0 aromatic heterocycles. The van der Waals surface area contributed by atoms with Crippen molar-refractivity contribution in [2.75, 3.05) is 20.3 Å². The van der Waals surface area contributed by atoms with E-state index >= 15 is 0 Å². The van der Waals surface area contributed by atoms with Crippen molar-refractivity contribution < 1.29 is 17.9 Å². The zero-order chi connectivity index (χ0) is 15.3. The molecule has 20 heavy (non-hydrogen) atoms. The summed E-state index contributed by atoms with van der Waals surface area (Å²) in [7, 11) is 3.10. The summed E-state index contributed by atoms with van der Waals surface area (Å²) in [5.41, 5.74) is 1.54. The van der Waals surface area contributed by atoms with Crippen molar-refractivity contribution in [1.82, 2.24) is 5.32 Å². The number of nitrogens with one attached hydrogen (secondary N) is 1. The van der Waals surface area contributed by atoms with Gasteiger partial charge in [0, 0.05) is 36.5 Å². The summed E-state index contributed by atoms with van der Waals surface area (Å²) in [6.07, 6.45) is 0.688. The monoisotopic (exact) mass is 319 g/mol. The third kappa shape index (κ3) is 4.47. The van der Waals surface area contributed by atoms with Gasteiger partial charge in [-0.25, -0.2) is 8.42 Å². The van der Waals surface area contributed by atoms with Crippen molar-refractivity contribution in [1.29, 1.82) is 0 Å². The van der Waals surface area contributed by atoms with Gasteiger partial charge in [-0.15, -0.1) is 0 Å². The number of rotatable bonds is 6. The molecule has 0 fully saturated rings. The SMILES string of the molecule is COCCCNC(=O)c1cc(C)c(C)c(S(=O)(=O)Cl)c1. The van der Waals surface area contributed by atoms with E-state index in [0.717, 1.165) is 0 Å². The summed E-state index contributed by atoms with van der Waals surface area (Å²) in [5.74, 6) is -0.328. The minimum atomic E-state index is -3.87. The lowest BCUT2D eigenvalue weighted by atomic mass is 10.1. The summed E-state index contributed by atoms with van der Waals surface area (Å²) in [6, 6.07) is 2.95. The van der Waals surface area contributed by atoms with Gasteiger partial charge in [-0.3, -0.25) is 4.79 Å². The molecule has 7 heteroatoms. The Bertz CT molecular complexity index is 599. The first-order chi connectivity index (χ1) is 9.27. The quantitative estimate of drug-likeness (QED) is 0.643. The summed E-state index contributed by atoms with van der Waals surface area (Å²) in [4.78, 5) is 11.9. The number of hydrogen-bond donors (Lipinski definition) is 1. The average Bonchev–Trinajstić information content (AvgIpc) is 2.36. The van der Waals surface area contributed by atoms with Crippen LogP contribution in [0, 0.1) is 13.8 Å². The summed E-state index contributed by atoms with van der Waals surface area (Å²) >= 11 is 0. The highest BCUT2D eigenvalue weighted by atomic mass is 35.7. The molecule has 0 aliphatic carbocycles. The standard InChI is InChI=1S/C13H18ClNO4S/c1-9-7-11(13(16)15-5-4-6-19-3)8-12(10(9)2)20(14,17)18/h7-8H,4-6H2,1-3H3,(H,15,16). The van der Waals surface area contributed by atoms with E-state index in [0.29, 0.717) is 30.7 Å². The smallest absolute Gasteiger partial charge is 0.261 e. The molecule has 1 rings (SSSR count). The predicted octanol–water partition coefficient (Wildman–Crippen LogP) is 2.00. The Kier molecular flexibility index (Phi) is 5.98. The van der Waals surface area contributed by atoms with Crippen LogP contribution in [0.5, 0.6) is 0 Å². The molecule has 0 heterocycles. The van der Waals surface area contributed by atoms with Crippen molar-refractivity contribution in [2.24, 2.45) is 0 Å². The van der Waals surface area contributed by atoms with Crippen LogP contribution in [0.1, 0.15) is 27.9 Å². The number of hydrogen-bond acceptors (Lipinski definition) is 4. The lowest BCUT2D eigenvalue weighted by Gasteiger charge is -2.10. The number of ether oxygens (including phenoxy) is 1. The molecule has 1 aromatic rings. The second kappa shape index (κ2) is 7.06. The number of halogens is 1. The third-order valence-corrected chi connectivity index (χ3v) is 4.40. The Hall–Kier alpha value is -1.11. The van der Waals surface area contributed by atoms with E-state index in [9.17, 15) is 13.2 Å².